The molecule has 0 atom stereocenters. The Morgan fingerprint density at radius 1 is 0.522 bits per heavy atom. The molecule has 3 heteroatoms. The molecular weight excluding hydrogens is 558 g/mol. The van der Waals surface area contributed by atoms with Gasteiger partial charge < -0.3 is 14.4 Å². The molecule has 222 valence electrons. The van der Waals surface area contributed by atoms with Crippen LogP contribution in [0.5, 0.6) is 0 Å². The third kappa shape index (κ3) is 5.06. The number of aromatic nitrogens is 1. The van der Waals surface area contributed by atoms with E-state index >= 15 is 0 Å². The van der Waals surface area contributed by atoms with Crippen molar-refractivity contribution in [2.75, 3.05) is 9.80 Å². The summed E-state index contributed by atoms with van der Waals surface area (Å²) in [7, 11) is 0. The Kier molecular flexibility index (Phi) is 7.20. The number of hydrogen-bond donors (Lipinski definition) is 0. The zero-order valence-corrected chi connectivity index (χ0v) is 25.9. The highest BCUT2D eigenvalue weighted by molar-refractivity contribution is 6.00. The number of rotatable bonds is 7. The van der Waals surface area contributed by atoms with Gasteiger partial charge in [0.05, 0.1) is 11.2 Å². The molecule has 0 saturated heterocycles. The lowest BCUT2D eigenvalue weighted by Gasteiger charge is -2.30. The Morgan fingerprint density at radius 3 is 1.93 bits per heavy atom. The van der Waals surface area contributed by atoms with E-state index in [4.69, 9.17) is 0 Å². The normalized spacial score (nSPS) is 12.8. The SMILES string of the molecule is Cc1cc2cc(N(c3ccc(N(C4=CCCC=C4)c4ccccc4)cc3)c3cccc4ccccc34)ccc2n1-c1ccccc1. The Hall–Kier alpha value is -5.80. The van der Waals surface area contributed by atoms with Crippen molar-refractivity contribution < 1.29 is 0 Å². The molecule has 3 nitrogen and oxygen atoms in total. The van der Waals surface area contributed by atoms with Crippen LogP contribution in [0.2, 0.25) is 0 Å². The summed E-state index contributed by atoms with van der Waals surface area (Å²) in [5.74, 6) is 0. The Bertz CT molecular complexity index is 2200. The summed E-state index contributed by atoms with van der Waals surface area (Å²) < 4.78 is 2.34. The zero-order chi connectivity index (χ0) is 30.9. The number of benzene rings is 6. The van der Waals surface area contributed by atoms with Crippen LogP contribution in [0.15, 0.2) is 176 Å². The number of aryl methyl sites for hydroxylation is 1. The van der Waals surface area contributed by atoms with Crippen LogP contribution in [0.1, 0.15) is 18.5 Å². The quantitative estimate of drug-likeness (QED) is 0.182. The van der Waals surface area contributed by atoms with E-state index in [2.05, 4.69) is 191 Å². The molecule has 1 aliphatic carbocycles. The van der Waals surface area contributed by atoms with Gasteiger partial charge in [-0.2, -0.15) is 0 Å². The van der Waals surface area contributed by atoms with Gasteiger partial charge in [0, 0.05) is 50.6 Å². The molecule has 0 aliphatic heterocycles. The topological polar surface area (TPSA) is 11.4 Å². The average molecular weight is 594 g/mol. The highest BCUT2D eigenvalue weighted by atomic mass is 15.2. The van der Waals surface area contributed by atoms with Crippen LogP contribution >= 0.6 is 0 Å². The number of hydrogen-bond acceptors (Lipinski definition) is 2. The predicted octanol–water partition coefficient (Wildman–Crippen LogP) is 11.9. The second kappa shape index (κ2) is 11.9. The van der Waals surface area contributed by atoms with Gasteiger partial charge in [0.15, 0.2) is 0 Å². The van der Waals surface area contributed by atoms with Crippen LogP contribution in [0.4, 0.5) is 28.4 Å². The largest absolute Gasteiger partial charge is 0.314 e. The molecule has 1 aliphatic rings. The standard InChI is InChI=1S/C43H35N3/c1-32-30-34-31-40(28-29-42(34)44(32)35-16-5-2-6-17-35)46(43-23-13-15-33-14-11-12-22-41(33)43)39-26-24-38(25-27-39)45(36-18-7-3-8-19-36)37-20-9-4-10-21-37/h2-3,5-9,11-31H,4,10H2,1H3. The molecule has 0 saturated carbocycles. The Labute approximate surface area is 270 Å². The van der Waals surface area contributed by atoms with Gasteiger partial charge in [0.2, 0.25) is 0 Å². The summed E-state index contributed by atoms with van der Waals surface area (Å²) in [5.41, 5.74) is 10.5. The maximum Gasteiger partial charge on any atom is 0.0540 e. The van der Waals surface area contributed by atoms with Gasteiger partial charge in [-0.15, -0.1) is 0 Å². The van der Waals surface area contributed by atoms with E-state index in [0.717, 1.165) is 41.3 Å². The highest BCUT2D eigenvalue weighted by Crippen LogP contribution is 2.42. The summed E-state index contributed by atoms with van der Waals surface area (Å²) in [4.78, 5) is 4.75. The lowest BCUT2D eigenvalue weighted by molar-refractivity contribution is 0.997. The van der Waals surface area contributed by atoms with Crippen molar-refractivity contribution in [2.24, 2.45) is 0 Å². The molecule has 0 spiro atoms. The molecule has 0 amide bonds. The highest BCUT2D eigenvalue weighted by Gasteiger charge is 2.19. The van der Waals surface area contributed by atoms with Crippen molar-refractivity contribution in [1.29, 1.82) is 0 Å². The van der Waals surface area contributed by atoms with Gasteiger partial charge in [0.25, 0.3) is 0 Å². The van der Waals surface area contributed by atoms with E-state index in [1.54, 1.807) is 0 Å². The molecule has 1 heterocycles. The lowest BCUT2D eigenvalue weighted by atomic mass is 10.1. The first-order chi connectivity index (χ1) is 22.7. The van der Waals surface area contributed by atoms with Crippen LogP contribution in [-0.4, -0.2) is 4.57 Å². The average Bonchev–Trinajstić information content (AvgIpc) is 3.45. The maximum atomic E-state index is 2.40. The molecule has 46 heavy (non-hydrogen) atoms. The summed E-state index contributed by atoms with van der Waals surface area (Å²) in [6.45, 7) is 2.18. The van der Waals surface area contributed by atoms with Crippen molar-refractivity contribution >= 4 is 50.1 Å². The molecule has 0 fully saturated rings. The van der Waals surface area contributed by atoms with Gasteiger partial charge in [-0.25, -0.2) is 0 Å². The number of nitrogens with zero attached hydrogens (tertiary/aromatic N) is 3. The fraction of sp³-hybridized carbons (Fsp3) is 0.0698. The Morgan fingerprint density at radius 2 is 1.17 bits per heavy atom. The minimum atomic E-state index is 1.05. The van der Waals surface area contributed by atoms with E-state index in [9.17, 15) is 0 Å². The van der Waals surface area contributed by atoms with E-state index in [1.165, 1.54) is 38.8 Å². The van der Waals surface area contributed by atoms with Gasteiger partial charge in [0.1, 0.15) is 0 Å². The van der Waals surface area contributed by atoms with Crippen molar-refractivity contribution in [3.05, 3.63) is 181 Å². The maximum absolute atomic E-state index is 2.40. The number of fused-ring (bicyclic) bond motifs is 2. The number of allylic oxidation sites excluding steroid dienone is 3. The third-order valence-electron chi connectivity index (χ3n) is 8.86. The molecule has 7 aromatic rings. The first-order valence-corrected chi connectivity index (χ1v) is 16.0. The second-order valence-corrected chi connectivity index (χ2v) is 11.8. The summed E-state index contributed by atoms with van der Waals surface area (Å²) in [5, 5.41) is 3.66. The van der Waals surface area contributed by atoms with E-state index in [0.29, 0.717) is 0 Å². The molecule has 0 bridgehead atoms. The third-order valence-corrected chi connectivity index (χ3v) is 8.86. The smallest absolute Gasteiger partial charge is 0.0540 e. The van der Waals surface area contributed by atoms with Crippen molar-refractivity contribution in [3.8, 4) is 5.69 Å². The first-order valence-electron chi connectivity index (χ1n) is 16.0. The summed E-state index contributed by atoms with van der Waals surface area (Å²) in [6, 6.07) is 54.6. The molecule has 8 rings (SSSR count). The predicted molar refractivity (Wildman–Crippen MR) is 195 cm³/mol. The Balaban J connectivity index is 1.27. The van der Waals surface area contributed by atoms with Crippen LogP contribution < -0.4 is 9.80 Å². The minimum Gasteiger partial charge on any atom is -0.314 e. The van der Waals surface area contributed by atoms with Crippen molar-refractivity contribution in [1.82, 2.24) is 4.57 Å². The van der Waals surface area contributed by atoms with E-state index in [1.807, 2.05) is 0 Å². The van der Waals surface area contributed by atoms with Gasteiger partial charge in [-0.3, -0.25) is 0 Å². The molecule has 6 aromatic carbocycles. The molecular formula is C43H35N3. The van der Waals surface area contributed by atoms with Gasteiger partial charge in [-0.05, 0) is 110 Å². The molecule has 0 radical (unpaired) electrons. The van der Waals surface area contributed by atoms with Gasteiger partial charge >= 0.3 is 0 Å². The molecule has 0 N–H and O–H groups in total. The van der Waals surface area contributed by atoms with Gasteiger partial charge in [-0.1, -0.05) is 84.9 Å². The van der Waals surface area contributed by atoms with Crippen LogP contribution in [0.25, 0.3) is 27.4 Å². The number of para-hydroxylation sites is 2. The monoisotopic (exact) mass is 593 g/mol. The summed E-state index contributed by atoms with van der Waals surface area (Å²) >= 11 is 0. The van der Waals surface area contributed by atoms with Crippen LogP contribution in [-0.2, 0) is 0 Å². The fourth-order valence-electron chi connectivity index (χ4n) is 6.77. The summed E-state index contributed by atoms with van der Waals surface area (Å²) in [6.07, 6.45) is 8.98. The lowest BCUT2D eigenvalue weighted by Crippen LogP contribution is -2.16. The fourth-order valence-corrected chi connectivity index (χ4v) is 6.77. The first kappa shape index (κ1) is 27.7. The van der Waals surface area contributed by atoms with E-state index < -0.39 is 0 Å². The van der Waals surface area contributed by atoms with Crippen molar-refractivity contribution in [3.63, 3.8) is 0 Å². The van der Waals surface area contributed by atoms with Crippen LogP contribution in [0.3, 0.4) is 0 Å². The molecule has 1 aromatic heterocycles. The molecule has 0 unspecified atom stereocenters. The van der Waals surface area contributed by atoms with Crippen molar-refractivity contribution in [2.45, 2.75) is 19.8 Å². The second-order valence-electron chi connectivity index (χ2n) is 11.8. The number of anilines is 5. The minimum absolute atomic E-state index is 1.05. The zero-order valence-electron chi connectivity index (χ0n) is 25.9. The van der Waals surface area contributed by atoms with E-state index in [-0.39, 0.29) is 0 Å². The van der Waals surface area contributed by atoms with Crippen LogP contribution in [0, 0.1) is 6.92 Å².